The maximum atomic E-state index is 10.9. The first kappa shape index (κ1) is 14.7. The smallest absolute Gasteiger partial charge is 0.355 e. The summed E-state index contributed by atoms with van der Waals surface area (Å²) in [5.74, 6) is 0.635. The Hall–Kier alpha value is -2.85. The second kappa shape index (κ2) is 5.65. The highest BCUT2D eigenvalue weighted by atomic mass is 16.3. The van der Waals surface area contributed by atoms with Crippen LogP contribution in [-0.4, -0.2) is 9.67 Å². The van der Waals surface area contributed by atoms with Gasteiger partial charge in [-0.25, -0.2) is 9.13 Å². The average molecular weight is 318 g/mol. The van der Waals surface area contributed by atoms with Crippen LogP contribution in [0.4, 0.5) is 5.95 Å². The van der Waals surface area contributed by atoms with Crippen molar-refractivity contribution in [2.24, 2.45) is 7.05 Å². The summed E-state index contributed by atoms with van der Waals surface area (Å²) in [6.45, 7) is 0.418. The van der Waals surface area contributed by atoms with Gasteiger partial charge in [0.25, 0.3) is 0 Å². The molecule has 120 valence electrons. The molecule has 0 spiro atoms. The fraction of sp³-hybridized carbons (Fsp3) is 0.150. The van der Waals surface area contributed by atoms with E-state index >= 15 is 0 Å². The first-order valence-corrected chi connectivity index (χ1v) is 8.05. The number of aliphatic hydroxyl groups excluding tert-OH is 1. The number of aryl methyl sites for hydroxylation is 1. The normalized spacial score (nSPS) is 12.8. The maximum absolute atomic E-state index is 10.9. The van der Waals surface area contributed by atoms with Crippen molar-refractivity contribution in [3.8, 4) is 0 Å². The monoisotopic (exact) mass is 318 g/mol. The molecular weight excluding hydrogens is 298 g/mol. The number of nitrogens with zero attached hydrogens (tertiary/aromatic N) is 2. The third kappa shape index (κ3) is 2.23. The predicted octanol–water partition coefficient (Wildman–Crippen LogP) is 2.93. The van der Waals surface area contributed by atoms with E-state index in [1.54, 1.807) is 0 Å². The van der Waals surface area contributed by atoms with Crippen LogP contribution >= 0.6 is 0 Å². The summed E-state index contributed by atoms with van der Waals surface area (Å²) >= 11 is 0. The molecule has 4 nitrogen and oxygen atoms in total. The lowest BCUT2D eigenvalue weighted by molar-refractivity contribution is -0.630. The van der Waals surface area contributed by atoms with Crippen LogP contribution in [0, 0.1) is 0 Å². The SMILES string of the molecule is C[n+]1c(N)n(CC(O)c2cccc3ccccc23)c2ccccc21. The molecule has 0 aliphatic carbocycles. The molecule has 0 aliphatic heterocycles. The van der Waals surface area contributed by atoms with Gasteiger partial charge in [0, 0.05) is 0 Å². The van der Waals surface area contributed by atoms with Crippen molar-refractivity contribution in [1.82, 2.24) is 4.57 Å². The van der Waals surface area contributed by atoms with Gasteiger partial charge in [0.1, 0.15) is 23.7 Å². The topological polar surface area (TPSA) is 55.1 Å². The number of nitrogen functional groups attached to an aromatic ring is 1. The minimum atomic E-state index is -0.630. The molecule has 0 radical (unpaired) electrons. The molecule has 4 rings (SSSR count). The number of anilines is 1. The number of aromatic nitrogens is 2. The molecule has 1 atom stereocenters. The summed E-state index contributed by atoms with van der Waals surface area (Å²) in [6, 6.07) is 22.2. The maximum Gasteiger partial charge on any atom is 0.355 e. The number of aliphatic hydroxyl groups is 1. The van der Waals surface area contributed by atoms with Crippen LogP contribution in [0.25, 0.3) is 21.8 Å². The minimum absolute atomic E-state index is 0.418. The summed E-state index contributed by atoms with van der Waals surface area (Å²) in [6.07, 6.45) is -0.630. The summed E-state index contributed by atoms with van der Waals surface area (Å²) in [5.41, 5.74) is 9.27. The highest BCUT2D eigenvalue weighted by Gasteiger charge is 2.22. The number of benzene rings is 3. The molecule has 1 heterocycles. The predicted molar refractivity (Wildman–Crippen MR) is 96.4 cm³/mol. The molecule has 0 saturated heterocycles. The molecule has 0 fully saturated rings. The van der Waals surface area contributed by atoms with Crippen LogP contribution in [0.1, 0.15) is 11.7 Å². The van der Waals surface area contributed by atoms with Gasteiger partial charge in [0.2, 0.25) is 0 Å². The zero-order chi connectivity index (χ0) is 16.7. The summed E-state index contributed by atoms with van der Waals surface area (Å²) in [4.78, 5) is 0. The summed E-state index contributed by atoms with van der Waals surface area (Å²) < 4.78 is 3.92. The molecule has 0 saturated carbocycles. The van der Waals surface area contributed by atoms with E-state index in [9.17, 15) is 5.11 Å². The number of nitrogens with two attached hydrogens (primary N) is 1. The Morgan fingerprint density at radius 1 is 1.00 bits per heavy atom. The van der Waals surface area contributed by atoms with Gasteiger partial charge in [-0.2, -0.15) is 0 Å². The lowest BCUT2D eigenvalue weighted by Crippen LogP contribution is -2.31. The van der Waals surface area contributed by atoms with Gasteiger partial charge >= 0.3 is 5.95 Å². The highest BCUT2D eigenvalue weighted by Crippen LogP contribution is 2.27. The Morgan fingerprint density at radius 2 is 1.71 bits per heavy atom. The van der Waals surface area contributed by atoms with Gasteiger partial charge < -0.3 is 5.11 Å². The molecule has 24 heavy (non-hydrogen) atoms. The van der Waals surface area contributed by atoms with Gasteiger partial charge in [0.05, 0.1) is 7.05 Å². The quantitative estimate of drug-likeness (QED) is 0.571. The molecule has 1 unspecified atom stereocenters. The van der Waals surface area contributed by atoms with Crippen molar-refractivity contribution in [3.63, 3.8) is 0 Å². The summed E-state index contributed by atoms with van der Waals surface area (Å²) in [7, 11) is 1.94. The molecule has 3 aromatic carbocycles. The molecule has 3 N–H and O–H groups in total. The fourth-order valence-corrected chi connectivity index (χ4v) is 3.41. The first-order valence-electron chi connectivity index (χ1n) is 8.05. The molecule has 0 aliphatic rings. The number of hydrogen-bond donors (Lipinski definition) is 2. The minimum Gasteiger partial charge on any atom is -0.385 e. The van der Waals surface area contributed by atoms with E-state index in [1.807, 2.05) is 70.8 Å². The van der Waals surface area contributed by atoms with E-state index in [0.717, 1.165) is 27.4 Å². The highest BCUT2D eigenvalue weighted by molar-refractivity contribution is 5.86. The van der Waals surface area contributed by atoms with Crippen LogP contribution in [0.15, 0.2) is 66.7 Å². The summed E-state index contributed by atoms with van der Waals surface area (Å²) in [5, 5.41) is 13.1. The van der Waals surface area contributed by atoms with Crippen LogP contribution in [0.2, 0.25) is 0 Å². The second-order valence-corrected chi connectivity index (χ2v) is 6.10. The largest absolute Gasteiger partial charge is 0.385 e. The van der Waals surface area contributed by atoms with Crippen molar-refractivity contribution in [3.05, 3.63) is 72.3 Å². The zero-order valence-electron chi connectivity index (χ0n) is 13.6. The molecule has 0 amide bonds. The van der Waals surface area contributed by atoms with Crippen LogP contribution in [0.3, 0.4) is 0 Å². The van der Waals surface area contributed by atoms with E-state index in [4.69, 9.17) is 5.73 Å². The molecular formula is C20H20N3O+. The lowest BCUT2D eigenvalue weighted by atomic mass is 10.0. The standard InChI is InChI=1S/C20H19N3O/c1-22-17-11-4-5-12-18(17)23(20(22)21)13-19(24)16-10-6-8-14-7-2-3-9-15(14)16/h2-12,19,21,24H,13H2,1H3/p+1. The van der Waals surface area contributed by atoms with Crippen molar-refractivity contribution in [2.75, 3.05) is 5.73 Å². The second-order valence-electron chi connectivity index (χ2n) is 6.10. The van der Waals surface area contributed by atoms with E-state index in [2.05, 4.69) is 12.1 Å². The van der Waals surface area contributed by atoms with E-state index < -0.39 is 6.10 Å². The fourth-order valence-electron chi connectivity index (χ4n) is 3.41. The van der Waals surface area contributed by atoms with Crippen molar-refractivity contribution >= 4 is 27.8 Å². The Labute approximate surface area is 140 Å². The third-order valence-corrected chi connectivity index (χ3v) is 4.69. The van der Waals surface area contributed by atoms with Crippen molar-refractivity contribution < 1.29 is 9.67 Å². The van der Waals surface area contributed by atoms with Crippen molar-refractivity contribution in [1.29, 1.82) is 0 Å². The van der Waals surface area contributed by atoms with Crippen LogP contribution in [0.5, 0.6) is 0 Å². The molecule has 1 aromatic heterocycles. The Bertz CT molecular complexity index is 1030. The number of para-hydroxylation sites is 2. The average Bonchev–Trinajstić information content (AvgIpc) is 2.86. The Morgan fingerprint density at radius 3 is 2.58 bits per heavy atom. The number of fused-ring (bicyclic) bond motifs is 2. The van der Waals surface area contributed by atoms with Crippen molar-refractivity contribution in [2.45, 2.75) is 12.6 Å². The lowest BCUT2D eigenvalue weighted by Gasteiger charge is -2.13. The van der Waals surface area contributed by atoms with Gasteiger partial charge in [-0.05, 0) is 28.5 Å². The molecule has 4 heteroatoms. The van der Waals surface area contributed by atoms with E-state index in [1.165, 1.54) is 0 Å². The first-order chi connectivity index (χ1) is 11.7. The number of hydrogen-bond acceptors (Lipinski definition) is 2. The van der Waals surface area contributed by atoms with E-state index in [-0.39, 0.29) is 0 Å². The Balaban J connectivity index is 1.79. The molecule has 0 bridgehead atoms. The Kier molecular flexibility index (Phi) is 3.47. The molecule has 4 aromatic rings. The van der Waals surface area contributed by atoms with Crippen LogP contribution < -0.4 is 10.3 Å². The van der Waals surface area contributed by atoms with E-state index in [0.29, 0.717) is 12.5 Å². The number of rotatable bonds is 3. The van der Waals surface area contributed by atoms with Gasteiger partial charge in [0.15, 0.2) is 0 Å². The van der Waals surface area contributed by atoms with Gasteiger partial charge in [-0.3, -0.25) is 5.73 Å². The third-order valence-electron chi connectivity index (χ3n) is 4.69. The zero-order valence-corrected chi connectivity index (χ0v) is 13.6. The van der Waals surface area contributed by atoms with Gasteiger partial charge in [-0.15, -0.1) is 0 Å². The van der Waals surface area contributed by atoms with Gasteiger partial charge in [-0.1, -0.05) is 54.6 Å². The van der Waals surface area contributed by atoms with Crippen LogP contribution in [-0.2, 0) is 13.6 Å². The number of imidazole rings is 1.